The lowest BCUT2D eigenvalue weighted by Crippen LogP contribution is -2.24. The van der Waals surface area contributed by atoms with E-state index in [9.17, 15) is 9.90 Å². The second-order valence-electron chi connectivity index (χ2n) is 6.03. The summed E-state index contributed by atoms with van der Waals surface area (Å²) in [5.74, 6) is 0.504. The monoisotopic (exact) mass is 454 g/mol. The third-order valence-corrected chi connectivity index (χ3v) is 4.61. The van der Waals surface area contributed by atoms with Crippen LogP contribution in [0, 0.1) is 0 Å². The highest BCUT2D eigenvalue weighted by atomic mass is 79.9. The number of rotatable bonds is 7. The Hall–Kier alpha value is -3.32. The topological polar surface area (TPSA) is 80.2 Å². The quantitative estimate of drug-likeness (QED) is 0.410. The van der Waals surface area contributed by atoms with E-state index >= 15 is 0 Å². The summed E-state index contributed by atoms with van der Waals surface area (Å²) in [5.41, 5.74) is 5.23. The highest BCUT2D eigenvalue weighted by Crippen LogP contribution is 2.34. The van der Waals surface area contributed by atoms with Gasteiger partial charge in [-0.05, 0) is 56.9 Å². The number of hydrogen-bond acceptors (Lipinski definition) is 5. The molecule has 0 aliphatic rings. The summed E-state index contributed by atoms with van der Waals surface area (Å²) in [6.45, 7) is -0.162. The maximum absolute atomic E-state index is 11.9. The van der Waals surface area contributed by atoms with Gasteiger partial charge in [0, 0.05) is 0 Å². The first-order valence-corrected chi connectivity index (χ1v) is 9.53. The molecule has 148 valence electrons. The normalized spacial score (nSPS) is 10.7. The van der Waals surface area contributed by atoms with E-state index in [1.54, 1.807) is 12.1 Å². The first kappa shape index (κ1) is 20.4. The third kappa shape index (κ3) is 5.58. The zero-order chi connectivity index (χ0) is 20.6. The lowest BCUT2D eigenvalue weighted by atomic mass is 10.1. The van der Waals surface area contributed by atoms with Crippen LogP contribution in [0.25, 0.3) is 11.1 Å². The van der Waals surface area contributed by atoms with Crippen LogP contribution in [0.2, 0.25) is 0 Å². The molecule has 0 bridgehead atoms. The Kier molecular flexibility index (Phi) is 6.86. The number of halogens is 1. The van der Waals surface area contributed by atoms with Crippen LogP contribution in [-0.4, -0.2) is 30.9 Å². The summed E-state index contributed by atoms with van der Waals surface area (Å²) >= 11 is 3.23. The van der Waals surface area contributed by atoms with E-state index in [2.05, 4.69) is 26.5 Å². The summed E-state index contributed by atoms with van der Waals surface area (Å²) in [7, 11) is 1.45. The van der Waals surface area contributed by atoms with Crippen molar-refractivity contribution in [2.45, 2.75) is 0 Å². The second kappa shape index (κ2) is 9.75. The fraction of sp³-hybridized carbons (Fsp3) is 0.0909. The van der Waals surface area contributed by atoms with Crippen molar-refractivity contribution in [2.24, 2.45) is 5.10 Å². The van der Waals surface area contributed by atoms with Crippen LogP contribution in [0.1, 0.15) is 5.56 Å². The van der Waals surface area contributed by atoms with Gasteiger partial charge in [-0.1, -0.05) is 42.5 Å². The Morgan fingerprint density at radius 2 is 1.79 bits per heavy atom. The Labute approximate surface area is 176 Å². The van der Waals surface area contributed by atoms with Crippen LogP contribution in [0.5, 0.6) is 17.2 Å². The number of carbonyl (C=O) groups is 1. The number of hydrogen-bond donors (Lipinski definition) is 2. The van der Waals surface area contributed by atoms with Crippen LogP contribution >= 0.6 is 15.9 Å². The van der Waals surface area contributed by atoms with E-state index in [-0.39, 0.29) is 12.4 Å². The van der Waals surface area contributed by atoms with Crippen LogP contribution < -0.4 is 14.9 Å². The average molecular weight is 455 g/mol. The van der Waals surface area contributed by atoms with Gasteiger partial charge in [0.05, 0.1) is 17.8 Å². The predicted molar refractivity (Wildman–Crippen MR) is 115 cm³/mol. The number of aromatic hydroxyl groups is 1. The minimum atomic E-state index is -0.391. The summed E-state index contributed by atoms with van der Waals surface area (Å²) < 4.78 is 11.0. The summed E-state index contributed by atoms with van der Waals surface area (Å²) in [5, 5.41) is 13.7. The smallest absolute Gasteiger partial charge is 0.277 e. The molecule has 1 amide bonds. The molecule has 2 N–H and O–H groups in total. The zero-order valence-corrected chi connectivity index (χ0v) is 17.2. The molecule has 0 aliphatic carbocycles. The van der Waals surface area contributed by atoms with E-state index < -0.39 is 5.91 Å². The molecule has 0 aliphatic heterocycles. The number of methoxy groups -OCH3 is 1. The molecule has 0 saturated carbocycles. The van der Waals surface area contributed by atoms with Crippen molar-refractivity contribution in [1.29, 1.82) is 0 Å². The van der Waals surface area contributed by atoms with Gasteiger partial charge in [-0.3, -0.25) is 4.79 Å². The van der Waals surface area contributed by atoms with E-state index in [4.69, 9.17) is 9.47 Å². The first-order valence-electron chi connectivity index (χ1n) is 8.73. The molecule has 0 heterocycles. The molecule has 0 saturated heterocycles. The molecule has 3 aromatic carbocycles. The van der Waals surface area contributed by atoms with Gasteiger partial charge in [0.25, 0.3) is 5.91 Å². The molecule has 0 radical (unpaired) electrons. The van der Waals surface area contributed by atoms with Gasteiger partial charge >= 0.3 is 0 Å². The molecule has 0 fully saturated rings. The van der Waals surface area contributed by atoms with E-state index in [1.165, 1.54) is 13.3 Å². The van der Waals surface area contributed by atoms with Gasteiger partial charge < -0.3 is 14.6 Å². The fourth-order valence-corrected chi connectivity index (χ4v) is 3.02. The fourth-order valence-electron chi connectivity index (χ4n) is 2.56. The first-order chi connectivity index (χ1) is 14.1. The van der Waals surface area contributed by atoms with Crippen LogP contribution in [0.3, 0.4) is 0 Å². The van der Waals surface area contributed by atoms with Crippen molar-refractivity contribution >= 4 is 28.1 Å². The minimum Gasteiger partial charge on any atom is -0.503 e. The summed E-state index contributed by atoms with van der Waals surface area (Å²) in [6, 6.07) is 20.8. The third-order valence-electron chi connectivity index (χ3n) is 4.00. The van der Waals surface area contributed by atoms with Gasteiger partial charge in [0.1, 0.15) is 5.75 Å². The highest BCUT2D eigenvalue weighted by Gasteiger charge is 2.08. The molecule has 29 heavy (non-hydrogen) atoms. The van der Waals surface area contributed by atoms with E-state index in [1.807, 2.05) is 54.6 Å². The average Bonchev–Trinajstić information content (AvgIpc) is 2.75. The zero-order valence-electron chi connectivity index (χ0n) is 15.6. The number of carbonyl (C=O) groups excluding carboxylic acids is 1. The molecule has 0 spiro atoms. The van der Waals surface area contributed by atoms with Crippen molar-refractivity contribution in [3.05, 3.63) is 76.8 Å². The summed E-state index contributed by atoms with van der Waals surface area (Å²) in [6.07, 6.45) is 1.44. The molecule has 7 heteroatoms. The Morgan fingerprint density at radius 1 is 1.10 bits per heavy atom. The van der Waals surface area contributed by atoms with Crippen LogP contribution in [0.4, 0.5) is 0 Å². The molecule has 0 atom stereocenters. The Bertz CT molecular complexity index is 1010. The lowest BCUT2D eigenvalue weighted by Gasteiger charge is -2.07. The number of amides is 1. The molecular formula is C22H19BrN2O4. The number of ether oxygens (including phenoxy) is 2. The van der Waals surface area contributed by atoms with Crippen molar-refractivity contribution in [3.63, 3.8) is 0 Å². The summed E-state index contributed by atoms with van der Waals surface area (Å²) in [4.78, 5) is 11.9. The van der Waals surface area contributed by atoms with Gasteiger partial charge in [-0.25, -0.2) is 5.43 Å². The number of nitrogens with one attached hydrogen (secondary N) is 1. The minimum absolute atomic E-state index is 0.000341. The van der Waals surface area contributed by atoms with Crippen LogP contribution in [0.15, 0.2) is 76.3 Å². The molecule has 3 rings (SSSR count). The van der Waals surface area contributed by atoms with Crippen molar-refractivity contribution in [3.8, 4) is 28.4 Å². The lowest BCUT2D eigenvalue weighted by molar-refractivity contribution is -0.123. The molecule has 0 aromatic heterocycles. The predicted octanol–water partition coefficient (Wildman–Crippen LogP) is 4.36. The number of phenols is 1. The number of phenolic OH excluding ortho intramolecular Hbond substituents is 1. The molecular weight excluding hydrogens is 436 g/mol. The van der Waals surface area contributed by atoms with Gasteiger partial charge in [-0.15, -0.1) is 0 Å². The second-order valence-corrected chi connectivity index (χ2v) is 6.88. The van der Waals surface area contributed by atoms with Gasteiger partial charge in [0.15, 0.2) is 18.1 Å². The number of benzene rings is 3. The van der Waals surface area contributed by atoms with Crippen molar-refractivity contribution < 1.29 is 19.4 Å². The number of hydrazone groups is 1. The van der Waals surface area contributed by atoms with E-state index in [0.717, 1.165) is 11.1 Å². The highest BCUT2D eigenvalue weighted by molar-refractivity contribution is 9.10. The molecule has 6 nitrogen and oxygen atoms in total. The maximum Gasteiger partial charge on any atom is 0.277 e. The Morgan fingerprint density at radius 3 is 2.48 bits per heavy atom. The van der Waals surface area contributed by atoms with Gasteiger partial charge in [-0.2, -0.15) is 5.10 Å². The largest absolute Gasteiger partial charge is 0.503 e. The number of nitrogens with zero attached hydrogens (tertiary/aromatic N) is 1. The standard InChI is InChI=1S/C22H19BrN2O4/c1-28-20-12-15(11-19(23)22(20)27)13-24-25-21(26)14-29-18-9-7-17(8-10-18)16-5-3-2-4-6-16/h2-13,27H,14H2,1H3,(H,25,26)/b24-13+. The molecule has 0 unspecified atom stereocenters. The Balaban J connectivity index is 1.51. The SMILES string of the molecule is COc1cc(/C=N/NC(=O)COc2ccc(-c3ccccc3)cc2)cc(Br)c1O. The van der Waals surface area contributed by atoms with Crippen molar-refractivity contribution in [2.75, 3.05) is 13.7 Å². The maximum atomic E-state index is 11.9. The van der Waals surface area contributed by atoms with Crippen LogP contribution in [-0.2, 0) is 4.79 Å². The van der Waals surface area contributed by atoms with Crippen molar-refractivity contribution in [1.82, 2.24) is 5.43 Å². The van der Waals surface area contributed by atoms with Gasteiger partial charge in [0.2, 0.25) is 0 Å². The van der Waals surface area contributed by atoms with E-state index in [0.29, 0.717) is 21.5 Å². The molecule has 3 aromatic rings.